The highest BCUT2D eigenvalue weighted by Gasteiger charge is 2.37. The molecule has 1 aliphatic heterocycles. The first kappa shape index (κ1) is 12.9. The second kappa shape index (κ2) is 4.63. The van der Waals surface area contributed by atoms with E-state index in [1.165, 1.54) is 8.99 Å². The molecule has 96 valence electrons. The van der Waals surface area contributed by atoms with Crippen LogP contribution in [0.4, 0.5) is 0 Å². The van der Waals surface area contributed by atoms with Gasteiger partial charge in [0, 0.05) is 26.2 Å². The van der Waals surface area contributed by atoms with Crippen molar-refractivity contribution in [3.8, 4) is 0 Å². The van der Waals surface area contributed by atoms with Crippen LogP contribution in [0.3, 0.4) is 0 Å². The Morgan fingerprint density at radius 2 is 2.29 bits per heavy atom. The topological polar surface area (TPSA) is 94.1 Å². The van der Waals surface area contributed by atoms with Crippen molar-refractivity contribution in [2.24, 2.45) is 12.8 Å². The van der Waals surface area contributed by atoms with E-state index in [2.05, 4.69) is 26.2 Å². The molecule has 1 saturated heterocycles. The Morgan fingerprint density at radius 1 is 1.59 bits per heavy atom. The molecule has 0 spiro atoms. The molecule has 1 aromatic heterocycles. The average Bonchev–Trinajstić information content (AvgIpc) is 2.85. The molecule has 1 aliphatic rings. The van der Waals surface area contributed by atoms with Crippen molar-refractivity contribution in [1.82, 2.24) is 19.3 Å². The Balaban J connectivity index is 2.43. The molecule has 2 heterocycles. The van der Waals surface area contributed by atoms with Crippen LogP contribution >= 0.6 is 15.9 Å². The first-order valence-corrected chi connectivity index (χ1v) is 7.49. The van der Waals surface area contributed by atoms with Crippen LogP contribution in [0.1, 0.15) is 12.8 Å². The van der Waals surface area contributed by atoms with Gasteiger partial charge in [0.1, 0.15) is 0 Å². The van der Waals surface area contributed by atoms with Crippen LogP contribution in [0, 0.1) is 0 Å². The summed E-state index contributed by atoms with van der Waals surface area (Å²) in [5.74, 6) is 0. The van der Waals surface area contributed by atoms with Crippen LogP contribution in [0.2, 0.25) is 0 Å². The van der Waals surface area contributed by atoms with Gasteiger partial charge >= 0.3 is 0 Å². The molecule has 2 N–H and O–H groups in total. The van der Waals surface area contributed by atoms with Crippen LogP contribution < -0.4 is 5.73 Å². The number of halogens is 1. The third-order valence-electron chi connectivity index (χ3n) is 2.89. The summed E-state index contributed by atoms with van der Waals surface area (Å²) in [6.07, 6.45) is 1.64. The number of sulfonamides is 1. The molecule has 17 heavy (non-hydrogen) atoms. The quantitative estimate of drug-likeness (QED) is 0.823. The van der Waals surface area contributed by atoms with E-state index in [0.717, 1.165) is 12.8 Å². The van der Waals surface area contributed by atoms with Crippen molar-refractivity contribution < 1.29 is 8.42 Å². The summed E-state index contributed by atoms with van der Waals surface area (Å²) in [4.78, 5) is 0. The number of aromatic nitrogens is 3. The second-order valence-electron chi connectivity index (χ2n) is 3.96. The fraction of sp³-hybridized carbons (Fsp3) is 0.750. The normalized spacial score (nSPS) is 22.2. The number of nitrogens with two attached hydrogens (primary N) is 1. The van der Waals surface area contributed by atoms with Gasteiger partial charge in [0.2, 0.25) is 5.03 Å². The van der Waals surface area contributed by atoms with Gasteiger partial charge in [-0.3, -0.25) is 0 Å². The summed E-state index contributed by atoms with van der Waals surface area (Å²) in [7, 11) is -2.02. The maximum Gasteiger partial charge on any atom is 0.263 e. The van der Waals surface area contributed by atoms with Gasteiger partial charge in [-0.15, -0.1) is 5.10 Å². The van der Waals surface area contributed by atoms with E-state index in [1.807, 2.05) is 0 Å². The molecule has 1 fully saturated rings. The molecule has 1 atom stereocenters. The zero-order valence-electron chi connectivity index (χ0n) is 9.37. The largest absolute Gasteiger partial charge is 0.329 e. The third-order valence-corrected chi connectivity index (χ3v) is 5.73. The predicted octanol–water partition coefficient (Wildman–Crippen LogP) is -0.311. The number of hydrogen-bond acceptors (Lipinski definition) is 5. The summed E-state index contributed by atoms with van der Waals surface area (Å²) in [6, 6.07) is -0.123. The molecule has 0 aromatic carbocycles. The Hall–Kier alpha value is -0.510. The second-order valence-corrected chi connectivity index (χ2v) is 6.51. The van der Waals surface area contributed by atoms with Crippen LogP contribution in [-0.2, 0) is 17.1 Å². The van der Waals surface area contributed by atoms with Crippen LogP contribution in [-0.4, -0.2) is 46.8 Å². The monoisotopic (exact) mass is 323 g/mol. The lowest BCUT2D eigenvalue weighted by Gasteiger charge is -2.22. The fourth-order valence-electron chi connectivity index (χ4n) is 2.07. The highest BCUT2D eigenvalue weighted by molar-refractivity contribution is 9.10. The first-order chi connectivity index (χ1) is 7.98. The highest BCUT2D eigenvalue weighted by Crippen LogP contribution is 2.28. The summed E-state index contributed by atoms with van der Waals surface area (Å²) in [5, 5.41) is 7.47. The number of hydrogen-bond donors (Lipinski definition) is 1. The van der Waals surface area contributed by atoms with Gasteiger partial charge in [0.15, 0.2) is 4.60 Å². The van der Waals surface area contributed by atoms with Gasteiger partial charge < -0.3 is 5.73 Å². The number of nitrogens with zero attached hydrogens (tertiary/aromatic N) is 4. The van der Waals surface area contributed by atoms with E-state index in [4.69, 9.17) is 5.73 Å². The minimum atomic E-state index is -3.57. The van der Waals surface area contributed by atoms with Crippen molar-refractivity contribution in [2.45, 2.75) is 23.9 Å². The molecule has 1 unspecified atom stereocenters. The maximum atomic E-state index is 12.4. The van der Waals surface area contributed by atoms with Gasteiger partial charge in [-0.25, -0.2) is 13.1 Å². The van der Waals surface area contributed by atoms with Gasteiger partial charge in [0.25, 0.3) is 10.0 Å². The summed E-state index contributed by atoms with van der Waals surface area (Å²) in [5.41, 5.74) is 5.59. The van der Waals surface area contributed by atoms with Gasteiger partial charge in [-0.1, -0.05) is 5.21 Å². The Labute approximate surface area is 108 Å². The van der Waals surface area contributed by atoms with Crippen molar-refractivity contribution >= 4 is 26.0 Å². The lowest BCUT2D eigenvalue weighted by molar-refractivity contribution is 0.388. The zero-order valence-corrected chi connectivity index (χ0v) is 11.8. The predicted molar refractivity (Wildman–Crippen MR) is 64.7 cm³/mol. The first-order valence-electron chi connectivity index (χ1n) is 5.25. The summed E-state index contributed by atoms with van der Waals surface area (Å²) < 4.78 is 27.8. The molecule has 0 aliphatic carbocycles. The minimum Gasteiger partial charge on any atom is -0.329 e. The van der Waals surface area contributed by atoms with Crippen LogP contribution in [0.25, 0.3) is 0 Å². The lowest BCUT2D eigenvalue weighted by Crippen LogP contribution is -2.40. The van der Waals surface area contributed by atoms with Crippen molar-refractivity contribution in [3.63, 3.8) is 0 Å². The van der Waals surface area contributed by atoms with E-state index in [-0.39, 0.29) is 15.7 Å². The average molecular weight is 324 g/mol. The molecule has 0 amide bonds. The standard InChI is InChI=1S/C8H14BrN5O2S/c1-13-8(7(9)11-12-13)17(15,16)14-4-2-3-6(14)5-10/h6H,2-5,10H2,1H3. The van der Waals surface area contributed by atoms with Crippen LogP contribution in [0.5, 0.6) is 0 Å². The van der Waals surface area contributed by atoms with E-state index >= 15 is 0 Å². The molecule has 0 saturated carbocycles. The molecule has 2 rings (SSSR count). The molecule has 0 bridgehead atoms. The molecule has 0 radical (unpaired) electrons. The van der Waals surface area contributed by atoms with Crippen molar-refractivity contribution in [1.29, 1.82) is 0 Å². The highest BCUT2D eigenvalue weighted by atomic mass is 79.9. The third kappa shape index (κ3) is 2.12. The maximum absolute atomic E-state index is 12.4. The Kier molecular flexibility index (Phi) is 3.53. The molecular formula is C8H14BrN5O2S. The zero-order chi connectivity index (χ0) is 12.6. The van der Waals surface area contributed by atoms with Gasteiger partial charge in [0.05, 0.1) is 0 Å². The minimum absolute atomic E-state index is 0.0813. The fourth-order valence-corrected chi connectivity index (χ4v) is 4.81. The number of aryl methyl sites for hydroxylation is 1. The van der Waals surface area contributed by atoms with Crippen LogP contribution in [0.15, 0.2) is 9.63 Å². The van der Waals surface area contributed by atoms with Gasteiger partial charge in [-0.2, -0.15) is 4.31 Å². The molecule has 9 heteroatoms. The SMILES string of the molecule is Cn1nnc(Br)c1S(=O)(=O)N1CCCC1CN. The molecule has 7 nitrogen and oxygen atoms in total. The summed E-state index contributed by atoms with van der Waals surface area (Å²) >= 11 is 3.11. The van der Waals surface area contributed by atoms with E-state index in [1.54, 1.807) is 7.05 Å². The Morgan fingerprint density at radius 3 is 2.82 bits per heavy atom. The van der Waals surface area contributed by atoms with Crippen molar-refractivity contribution in [2.75, 3.05) is 13.1 Å². The molecular weight excluding hydrogens is 310 g/mol. The Bertz CT molecular complexity index is 494. The van der Waals surface area contributed by atoms with E-state index in [0.29, 0.717) is 13.1 Å². The summed E-state index contributed by atoms with van der Waals surface area (Å²) in [6.45, 7) is 0.837. The van der Waals surface area contributed by atoms with Crippen molar-refractivity contribution in [3.05, 3.63) is 4.60 Å². The molecule has 1 aromatic rings. The smallest absolute Gasteiger partial charge is 0.263 e. The van der Waals surface area contributed by atoms with E-state index in [9.17, 15) is 8.42 Å². The van der Waals surface area contributed by atoms with E-state index < -0.39 is 10.0 Å². The van der Waals surface area contributed by atoms with Gasteiger partial charge in [-0.05, 0) is 28.8 Å². The lowest BCUT2D eigenvalue weighted by atomic mass is 10.2. The number of rotatable bonds is 3.